The Morgan fingerprint density at radius 2 is 1.85 bits per heavy atom. The van der Waals surface area contributed by atoms with Gasteiger partial charge in [-0.1, -0.05) is 42.5 Å². The zero-order chi connectivity index (χ0) is 24.1. The maximum atomic E-state index is 13.5. The smallest absolute Gasteiger partial charge is 0.293 e. The summed E-state index contributed by atoms with van der Waals surface area (Å²) in [6.07, 6.45) is 3.33. The lowest BCUT2D eigenvalue weighted by atomic mass is 10.0. The highest BCUT2D eigenvalue weighted by atomic mass is 19.1. The van der Waals surface area contributed by atoms with Gasteiger partial charge in [0.05, 0.1) is 4.92 Å². The summed E-state index contributed by atoms with van der Waals surface area (Å²) in [4.78, 5) is 28.6. The van der Waals surface area contributed by atoms with Gasteiger partial charge in [0, 0.05) is 37.6 Å². The van der Waals surface area contributed by atoms with E-state index in [1.54, 1.807) is 36.1 Å². The molecule has 4 rings (SSSR count). The van der Waals surface area contributed by atoms with Gasteiger partial charge in [-0.3, -0.25) is 14.9 Å². The van der Waals surface area contributed by atoms with Crippen molar-refractivity contribution in [2.45, 2.75) is 12.6 Å². The van der Waals surface area contributed by atoms with Crippen molar-refractivity contribution in [3.63, 3.8) is 0 Å². The normalized spacial score (nSPS) is 11.6. The van der Waals surface area contributed by atoms with Gasteiger partial charge >= 0.3 is 0 Å². The van der Waals surface area contributed by atoms with Crippen LogP contribution in [0.4, 0.5) is 15.8 Å². The predicted octanol–water partition coefficient (Wildman–Crippen LogP) is 4.60. The Bertz CT molecular complexity index is 1310. The lowest BCUT2D eigenvalue weighted by Crippen LogP contribution is -2.31. The number of carbonyl (C=O) groups is 1. The van der Waals surface area contributed by atoms with Gasteiger partial charge in [-0.15, -0.1) is 0 Å². The molecule has 8 nitrogen and oxygen atoms in total. The summed E-state index contributed by atoms with van der Waals surface area (Å²) in [5, 5.41) is 17.6. The molecule has 1 amide bonds. The number of hydrogen-bond donors (Lipinski definition) is 2. The van der Waals surface area contributed by atoms with Gasteiger partial charge in [-0.05, 0) is 35.4 Å². The van der Waals surface area contributed by atoms with Crippen molar-refractivity contribution in [2.24, 2.45) is 7.05 Å². The van der Waals surface area contributed by atoms with Gasteiger partial charge in [0.25, 0.3) is 11.6 Å². The van der Waals surface area contributed by atoms with E-state index in [0.29, 0.717) is 23.6 Å². The van der Waals surface area contributed by atoms with E-state index in [4.69, 9.17) is 0 Å². The van der Waals surface area contributed by atoms with E-state index in [1.165, 1.54) is 30.3 Å². The summed E-state index contributed by atoms with van der Waals surface area (Å²) in [6.45, 7) is 0.402. The van der Waals surface area contributed by atoms with Gasteiger partial charge in [0.15, 0.2) is 0 Å². The molecule has 2 N–H and O–H groups in total. The number of nitrogens with one attached hydrogen (secondary N) is 2. The van der Waals surface area contributed by atoms with Gasteiger partial charge < -0.3 is 15.2 Å². The van der Waals surface area contributed by atoms with E-state index >= 15 is 0 Å². The summed E-state index contributed by atoms with van der Waals surface area (Å²) in [6, 6.07) is 18.8. The Labute approximate surface area is 195 Å². The predicted molar refractivity (Wildman–Crippen MR) is 126 cm³/mol. The minimum absolute atomic E-state index is 0.123. The summed E-state index contributed by atoms with van der Waals surface area (Å²) < 4.78 is 15.2. The first-order chi connectivity index (χ1) is 16.4. The molecule has 1 heterocycles. The fraction of sp³-hybridized carbons (Fsp3) is 0.120. The van der Waals surface area contributed by atoms with Crippen molar-refractivity contribution in [1.82, 2.24) is 14.9 Å². The quantitative estimate of drug-likeness (QED) is 0.296. The molecule has 0 aliphatic rings. The van der Waals surface area contributed by atoms with Crippen molar-refractivity contribution in [3.8, 4) is 0 Å². The minimum Gasteiger partial charge on any atom is -0.375 e. The van der Waals surface area contributed by atoms with Crippen LogP contribution in [0.3, 0.4) is 0 Å². The van der Waals surface area contributed by atoms with Crippen LogP contribution in [-0.4, -0.2) is 20.4 Å². The number of aromatic nitrogens is 2. The zero-order valence-electron chi connectivity index (χ0n) is 18.3. The van der Waals surface area contributed by atoms with Crippen molar-refractivity contribution in [2.75, 3.05) is 5.32 Å². The number of anilines is 1. The highest BCUT2D eigenvalue weighted by Crippen LogP contribution is 2.27. The van der Waals surface area contributed by atoms with E-state index in [9.17, 15) is 19.3 Å². The van der Waals surface area contributed by atoms with Crippen molar-refractivity contribution >= 4 is 17.3 Å². The molecule has 172 valence electrons. The minimum atomic E-state index is -0.678. The molecular formula is C25H22FN5O3. The molecule has 0 saturated carbocycles. The molecule has 0 saturated heterocycles. The number of rotatable bonds is 8. The Morgan fingerprint density at radius 3 is 2.50 bits per heavy atom. The topological polar surface area (TPSA) is 102 Å². The summed E-state index contributed by atoms with van der Waals surface area (Å²) >= 11 is 0. The first kappa shape index (κ1) is 22.7. The van der Waals surface area contributed by atoms with E-state index in [-0.39, 0.29) is 11.3 Å². The molecule has 0 fully saturated rings. The van der Waals surface area contributed by atoms with Crippen LogP contribution in [0, 0.1) is 15.9 Å². The van der Waals surface area contributed by atoms with Crippen LogP contribution in [-0.2, 0) is 13.6 Å². The third-order valence-electron chi connectivity index (χ3n) is 5.38. The largest absolute Gasteiger partial charge is 0.375 e. The third kappa shape index (κ3) is 5.09. The zero-order valence-corrected chi connectivity index (χ0v) is 18.3. The highest BCUT2D eigenvalue weighted by Gasteiger charge is 2.23. The summed E-state index contributed by atoms with van der Waals surface area (Å²) in [5.74, 6) is -0.381. The van der Waals surface area contributed by atoms with Gasteiger partial charge in [0.1, 0.15) is 23.4 Å². The summed E-state index contributed by atoms with van der Waals surface area (Å²) in [7, 11) is 1.78. The molecule has 0 bridgehead atoms. The molecule has 9 heteroatoms. The third-order valence-corrected chi connectivity index (χ3v) is 5.38. The number of nitro benzene ring substituents is 1. The van der Waals surface area contributed by atoms with E-state index in [1.807, 2.05) is 30.3 Å². The van der Waals surface area contributed by atoms with Crippen LogP contribution in [0.15, 0.2) is 85.2 Å². The number of amides is 1. The van der Waals surface area contributed by atoms with Crippen molar-refractivity contribution in [3.05, 3.63) is 124 Å². The lowest BCUT2D eigenvalue weighted by Gasteiger charge is -2.19. The number of nitrogens with zero attached hydrogens (tertiary/aromatic N) is 3. The second-order valence-electron chi connectivity index (χ2n) is 7.68. The Balaban J connectivity index is 1.59. The number of halogens is 1. The number of imidazole rings is 1. The molecule has 1 aromatic heterocycles. The van der Waals surface area contributed by atoms with Gasteiger partial charge in [0.2, 0.25) is 0 Å². The van der Waals surface area contributed by atoms with Crippen LogP contribution in [0.5, 0.6) is 0 Å². The monoisotopic (exact) mass is 459 g/mol. The lowest BCUT2D eigenvalue weighted by molar-refractivity contribution is -0.384. The van der Waals surface area contributed by atoms with E-state index in [2.05, 4.69) is 15.6 Å². The number of hydrogen-bond acceptors (Lipinski definition) is 5. The fourth-order valence-corrected chi connectivity index (χ4v) is 3.59. The molecule has 1 atom stereocenters. The summed E-state index contributed by atoms with van der Waals surface area (Å²) in [5.41, 5.74) is 1.82. The Hall–Kier alpha value is -4.53. The molecule has 0 spiro atoms. The van der Waals surface area contributed by atoms with Crippen molar-refractivity contribution in [1.29, 1.82) is 0 Å². The molecule has 0 aliphatic heterocycles. The number of carbonyl (C=O) groups excluding carboxylic acids is 1. The molecule has 34 heavy (non-hydrogen) atoms. The van der Waals surface area contributed by atoms with Crippen LogP contribution >= 0.6 is 0 Å². The highest BCUT2D eigenvalue weighted by molar-refractivity contribution is 5.96. The van der Waals surface area contributed by atoms with Crippen LogP contribution in [0.2, 0.25) is 0 Å². The first-order valence-corrected chi connectivity index (χ1v) is 10.5. The molecular weight excluding hydrogens is 437 g/mol. The second-order valence-corrected chi connectivity index (χ2v) is 7.68. The molecule has 1 unspecified atom stereocenters. The van der Waals surface area contributed by atoms with Crippen LogP contribution < -0.4 is 10.6 Å². The fourth-order valence-electron chi connectivity index (χ4n) is 3.59. The maximum absolute atomic E-state index is 13.5. The van der Waals surface area contributed by atoms with Crippen LogP contribution in [0.25, 0.3) is 0 Å². The SMILES string of the molecule is Cn1ccnc1C(NC(=O)c1ccc(NCc2ccccc2)c([N+](=O)[O-])c1)c1ccc(F)cc1. The standard InChI is InChI=1S/C25H22FN5O3/c1-30-14-13-27-24(30)23(18-7-10-20(26)11-8-18)29-25(32)19-9-12-21(22(15-19)31(33)34)28-16-17-5-3-2-4-6-17/h2-15,23,28H,16H2,1H3,(H,29,32). The second kappa shape index (κ2) is 9.95. The average Bonchev–Trinajstić information content (AvgIpc) is 3.27. The Morgan fingerprint density at radius 1 is 1.12 bits per heavy atom. The average molecular weight is 459 g/mol. The maximum Gasteiger partial charge on any atom is 0.293 e. The molecule has 4 aromatic rings. The number of nitro groups is 1. The first-order valence-electron chi connectivity index (χ1n) is 10.5. The molecule has 0 aliphatic carbocycles. The number of aryl methyl sites for hydroxylation is 1. The van der Waals surface area contributed by atoms with E-state index < -0.39 is 22.7 Å². The molecule has 0 radical (unpaired) electrons. The van der Waals surface area contributed by atoms with Crippen molar-refractivity contribution < 1.29 is 14.1 Å². The number of benzene rings is 3. The van der Waals surface area contributed by atoms with E-state index in [0.717, 1.165) is 5.56 Å². The van der Waals surface area contributed by atoms with Gasteiger partial charge in [-0.25, -0.2) is 9.37 Å². The Kier molecular flexibility index (Phi) is 6.63. The van der Waals surface area contributed by atoms with Gasteiger partial charge in [-0.2, -0.15) is 0 Å². The molecule has 3 aromatic carbocycles. The van der Waals surface area contributed by atoms with Crippen LogP contribution in [0.1, 0.15) is 33.4 Å².